The van der Waals surface area contributed by atoms with Crippen LogP contribution in [0.3, 0.4) is 0 Å². The fourth-order valence-electron chi connectivity index (χ4n) is 2.17. The molecule has 0 saturated heterocycles. The molecule has 0 unspecified atom stereocenters. The normalized spacial score (nSPS) is 10.6. The van der Waals surface area contributed by atoms with Crippen molar-refractivity contribution >= 4 is 23.1 Å². The van der Waals surface area contributed by atoms with Gasteiger partial charge in [-0.25, -0.2) is 0 Å². The van der Waals surface area contributed by atoms with Crippen molar-refractivity contribution in [3.8, 4) is 0 Å². The van der Waals surface area contributed by atoms with Crippen LogP contribution in [-0.4, -0.2) is 35.8 Å². The smallest absolute Gasteiger partial charge is 0.222 e. The Morgan fingerprint density at radius 2 is 2.11 bits per heavy atom. The third-order valence-electron chi connectivity index (χ3n) is 3.26. The Kier molecular flexibility index (Phi) is 4.00. The summed E-state index contributed by atoms with van der Waals surface area (Å²) in [5.41, 5.74) is 1.75. The second-order valence-electron chi connectivity index (χ2n) is 4.80. The molecule has 0 radical (unpaired) electrons. The highest BCUT2D eigenvalue weighted by molar-refractivity contribution is 5.97. The summed E-state index contributed by atoms with van der Waals surface area (Å²) in [7, 11) is 3.54. The first-order valence-corrected chi connectivity index (χ1v) is 6.36. The maximum absolute atomic E-state index is 11.5. The van der Waals surface area contributed by atoms with Gasteiger partial charge in [0.05, 0.1) is 0 Å². The van der Waals surface area contributed by atoms with Gasteiger partial charge in [-0.2, -0.15) is 0 Å². The van der Waals surface area contributed by atoms with Crippen molar-refractivity contribution in [2.24, 2.45) is 0 Å². The molecule has 0 saturated carbocycles. The standard InChI is InChI=1S/C15H18N2O2/c1-16(2)15(19)7-4-9-17-10-8-13-12(11-18)5-3-6-14(13)17/h3,5-6,8,10-11H,4,7,9H2,1-2H3. The van der Waals surface area contributed by atoms with E-state index in [-0.39, 0.29) is 5.91 Å². The lowest BCUT2D eigenvalue weighted by molar-refractivity contribution is -0.128. The number of aryl methyl sites for hydroxylation is 1. The van der Waals surface area contributed by atoms with Crippen molar-refractivity contribution in [3.63, 3.8) is 0 Å². The molecule has 2 aromatic rings. The van der Waals surface area contributed by atoms with Crippen molar-refractivity contribution in [1.29, 1.82) is 0 Å². The second-order valence-corrected chi connectivity index (χ2v) is 4.80. The van der Waals surface area contributed by atoms with Gasteiger partial charge in [-0.05, 0) is 18.6 Å². The molecule has 0 fully saturated rings. The minimum absolute atomic E-state index is 0.144. The SMILES string of the molecule is CN(C)C(=O)CCCn1ccc2c(C=O)cccc21. The number of rotatable bonds is 5. The molecule has 1 aromatic heterocycles. The van der Waals surface area contributed by atoms with E-state index in [1.54, 1.807) is 19.0 Å². The Morgan fingerprint density at radius 1 is 1.32 bits per heavy atom. The van der Waals surface area contributed by atoms with E-state index in [1.807, 2.05) is 30.5 Å². The summed E-state index contributed by atoms with van der Waals surface area (Å²) in [6, 6.07) is 7.64. The van der Waals surface area contributed by atoms with Crippen LogP contribution in [-0.2, 0) is 11.3 Å². The van der Waals surface area contributed by atoms with Crippen LogP contribution >= 0.6 is 0 Å². The molecule has 0 aliphatic carbocycles. The van der Waals surface area contributed by atoms with Gasteiger partial charge < -0.3 is 9.47 Å². The molecule has 1 amide bonds. The molecule has 1 aromatic carbocycles. The van der Waals surface area contributed by atoms with E-state index in [2.05, 4.69) is 4.57 Å². The predicted molar refractivity (Wildman–Crippen MR) is 75.3 cm³/mol. The average molecular weight is 258 g/mol. The zero-order valence-corrected chi connectivity index (χ0v) is 11.3. The highest BCUT2D eigenvalue weighted by Gasteiger charge is 2.06. The average Bonchev–Trinajstić information content (AvgIpc) is 2.81. The van der Waals surface area contributed by atoms with Crippen LogP contribution in [0.4, 0.5) is 0 Å². The molecule has 0 N–H and O–H groups in total. The molecule has 0 aliphatic rings. The minimum atomic E-state index is 0.144. The van der Waals surface area contributed by atoms with Gasteiger partial charge in [0.15, 0.2) is 6.29 Å². The molecule has 4 heteroatoms. The van der Waals surface area contributed by atoms with Crippen LogP contribution in [0.1, 0.15) is 23.2 Å². The van der Waals surface area contributed by atoms with Crippen LogP contribution in [0.25, 0.3) is 10.9 Å². The van der Waals surface area contributed by atoms with Crippen LogP contribution in [0.2, 0.25) is 0 Å². The summed E-state index contributed by atoms with van der Waals surface area (Å²) in [5.74, 6) is 0.144. The Bertz CT molecular complexity index is 599. The molecule has 2 rings (SSSR count). The number of fused-ring (bicyclic) bond motifs is 1. The number of nitrogens with zero attached hydrogens (tertiary/aromatic N) is 2. The molecular weight excluding hydrogens is 240 g/mol. The van der Waals surface area contributed by atoms with Crippen molar-refractivity contribution in [3.05, 3.63) is 36.0 Å². The number of aromatic nitrogens is 1. The first-order chi connectivity index (χ1) is 9.13. The maximum Gasteiger partial charge on any atom is 0.222 e. The second kappa shape index (κ2) is 5.69. The number of carbonyl (C=O) groups excluding carboxylic acids is 2. The van der Waals surface area contributed by atoms with E-state index >= 15 is 0 Å². The molecule has 0 aliphatic heterocycles. The lowest BCUT2D eigenvalue weighted by Crippen LogP contribution is -2.21. The van der Waals surface area contributed by atoms with Gasteiger partial charge in [-0.15, -0.1) is 0 Å². The Hall–Kier alpha value is -2.10. The van der Waals surface area contributed by atoms with E-state index < -0.39 is 0 Å². The summed E-state index contributed by atoms with van der Waals surface area (Å²) in [6.45, 7) is 0.783. The lowest BCUT2D eigenvalue weighted by atomic mass is 10.1. The highest BCUT2D eigenvalue weighted by Crippen LogP contribution is 2.19. The Morgan fingerprint density at radius 3 is 2.79 bits per heavy atom. The van der Waals surface area contributed by atoms with Crippen molar-refractivity contribution < 1.29 is 9.59 Å². The molecule has 0 spiro atoms. The van der Waals surface area contributed by atoms with E-state index in [1.165, 1.54) is 0 Å². The van der Waals surface area contributed by atoms with Crippen LogP contribution < -0.4 is 0 Å². The van der Waals surface area contributed by atoms with Gasteiger partial charge in [-0.1, -0.05) is 12.1 Å². The number of benzene rings is 1. The molecule has 4 nitrogen and oxygen atoms in total. The first kappa shape index (κ1) is 13.3. The van der Waals surface area contributed by atoms with Crippen molar-refractivity contribution in [1.82, 2.24) is 9.47 Å². The molecular formula is C15H18N2O2. The molecule has 19 heavy (non-hydrogen) atoms. The van der Waals surface area contributed by atoms with Crippen LogP contribution in [0, 0.1) is 0 Å². The topological polar surface area (TPSA) is 42.3 Å². The summed E-state index contributed by atoms with van der Waals surface area (Å²) in [5, 5.41) is 0.969. The minimum Gasteiger partial charge on any atom is -0.349 e. The zero-order chi connectivity index (χ0) is 13.8. The van der Waals surface area contributed by atoms with Gasteiger partial charge in [0.2, 0.25) is 5.91 Å². The number of carbonyl (C=O) groups is 2. The van der Waals surface area contributed by atoms with Crippen LogP contribution in [0.15, 0.2) is 30.5 Å². The molecule has 100 valence electrons. The lowest BCUT2D eigenvalue weighted by Gasteiger charge is -2.10. The quantitative estimate of drug-likeness (QED) is 0.772. The number of hydrogen-bond acceptors (Lipinski definition) is 2. The van der Waals surface area contributed by atoms with Crippen LogP contribution in [0.5, 0.6) is 0 Å². The van der Waals surface area contributed by atoms with Gasteiger partial charge in [-0.3, -0.25) is 9.59 Å². The number of amides is 1. The van der Waals surface area contributed by atoms with Gasteiger partial charge >= 0.3 is 0 Å². The third kappa shape index (κ3) is 2.84. The number of hydrogen-bond donors (Lipinski definition) is 0. The largest absolute Gasteiger partial charge is 0.349 e. The molecule has 0 atom stereocenters. The third-order valence-corrected chi connectivity index (χ3v) is 3.26. The van der Waals surface area contributed by atoms with Gasteiger partial charge in [0, 0.05) is 49.7 Å². The fourth-order valence-corrected chi connectivity index (χ4v) is 2.17. The molecule has 1 heterocycles. The summed E-state index contributed by atoms with van der Waals surface area (Å²) in [4.78, 5) is 24.1. The summed E-state index contributed by atoms with van der Waals surface area (Å²) >= 11 is 0. The van der Waals surface area contributed by atoms with Gasteiger partial charge in [0.1, 0.15) is 0 Å². The Labute approximate surface area is 112 Å². The number of aldehydes is 1. The first-order valence-electron chi connectivity index (χ1n) is 6.36. The fraction of sp³-hybridized carbons (Fsp3) is 0.333. The predicted octanol–water partition coefficient (Wildman–Crippen LogP) is 2.32. The monoisotopic (exact) mass is 258 g/mol. The van der Waals surface area contributed by atoms with Crippen molar-refractivity contribution in [2.45, 2.75) is 19.4 Å². The summed E-state index contributed by atoms with van der Waals surface area (Å²) < 4.78 is 2.09. The van der Waals surface area contributed by atoms with E-state index in [0.717, 1.165) is 30.2 Å². The van der Waals surface area contributed by atoms with E-state index in [0.29, 0.717) is 12.0 Å². The van der Waals surface area contributed by atoms with Gasteiger partial charge in [0.25, 0.3) is 0 Å². The molecule has 0 bridgehead atoms. The zero-order valence-electron chi connectivity index (χ0n) is 11.3. The highest BCUT2D eigenvalue weighted by atomic mass is 16.2. The Balaban J connectivity index is 2.10. The van der Waals surface area contributed by atoms with E-state index in [4.69, 9.17) is 0 Å². The van der Waals surface area contributed by atoms with Crippen molar-refractivity contribution in [2.75, 3.05) is 14.1 Å². The summed E-state index contributed by atoms with van der Waals surface area (Å²) in [6.07, 6.45) is 4.19. The maximum atomic E-state index is 11.5. The van der Waals surface area contributed by atoms with E-state index in [9.17, 15) is 9.59 Å².